The summed E-state index contributed by atoms with van der Waals surface area (Å²) in [5.41, 5.74) is 5.04. The predicted octanol–water partition coefficient (Wildman–Crippen LogP) is 4.21. The van der Waals surface area contributed by atoms with Crippen LogP contribution in [-0.4, -0.2) is 83.6 Å². The Balaban J connectivity index is 1.20. The topological polar surface area (TPSA) is 56.8 Å². The number of thioether (sulfide) groups is 1. The van der Waals surface area contributed by atoms with Gasteiger partial charge in [0.2, 0.25) is 0 Å². The van der Waals surface area contributed by atoms with E-state index in [9.17, 15) is 0 Å². The van der Waals surface area contributed by atoms with Gasteiger partial charge in [-0.1, -0.05) is 6.07 Å². The highest BCUT2D eigenvalue weighted by atomic mass is 32.2. The molecule has 0 amide bonds. The van der Waals surface area contributed by atoms with E-state index in [0.29, 0.717) is 11.8 Å². The number of nitrogens with one attached hydrogen (secondary N) is 1. The van der Waals surface area contributed by atoms with Crippen molar-refractivity contribution in [2.45, 2.75) is 50.2 Å². The number of likely N-dealkylation sites (N-methyl/N-ethyl adjacent to an activating group) is 1. The SMILES string of the molecule is CC1Oc2c(cc(C3CN(C4CCN(C)C4)C3)cc2C2CC2)Nc2ncnc(N3CCSCC3)c21. The van der Waals surface area contributed by atoms with Crippen molar-refractivity contribution in [2.75, 3.05) is 68.0 Å². The molecule has 1 aromatic heterocycles. The molecule has 0 radical (unpaired) electrons. The van der Waals surface area contributed by atoms with E-state index in [-0.39, 0.29) is 6.10 Å². The molecule has 1 N–H and O–H groups in total. The smallest absolute Gasteiger partial charge is 0.147 e. The fraction of sp³-hybridized carbons (Fsp3) is 0.630. The Hall–Kier alpha value is -2.03. The second-order valence-corrected chi connectivity index (χ2v) is 12.3. The number of aromatic nitrogens is 2. The molecule has 0 bridgehead atoms. The van der Waals surface area contributed by atoms with Crippen LogP contribution in [-0.2, 0) is 0 Å². The second-order valence-electron chi connectivity index (χ2n) is 11.1. The molecule has 4 fully saturated rings. The zero-order valence-corrected chi connectivity index (χ0v) is 21.7. The molecule has 3 saturated heterocycles. The fourth-order valence-electron chi connectivity index (χ4n) is 6.31. The Bertz CT molecular complexity index is 1110. The summed E-state index contributed by atoms with van der Waals surface area (Å²) in [5.74, 6) is 6.50. The highest BCUT2D eigenvalue weighted by Crippen LogP contribution is 2.52. The Morgan fingerprint density at radius 2 is 1.83 bits per heavy atom. The predicted molar refractivity (Wildman–Crippen MR) is 143 cm³/mol. The third-order valence-corrected chi connectivity index (χ3v) is 9.49. The average Bonchev–Trinajstić information content (AvgIpc) is 3.62. The normalized spacial score (nSPS) is 27.4. The average molecular weight is 493 g/mol. The van der Waals surface area contributed by atoms with Crippen LogP contribution in [0.2, 0.25) is 0 Å². The lowest BCUT2D eigenvalue weighted by molar-refractivity contribution is 0.0957. The molecule has 1 aliphatic carbocycles. The number of hydrogen-bond acceptors (Lipinski definition) is 8. The van der Waals surface area contributed by atoms with E-state index in [0.717, 1.165) is 59.3 Å². The number of ether oxygens (including phenoxy) is 1. The summed E-state index contributed by atoms with van der Waals surface area (Å²) in [4.78, 5) is 17.0. The lowest BCUT2D eigenvalue weighted by Gasteiger charge is -2.43. The third kappa shape index (κ3) is 4.07. The van der Waals surface area contributed by atoms with Crippen LogP contribution >= 0.6 is 11.8 Å². The summed E-state index contributed by atoms with van der Waals surface area (Å²) in [6.45, 7) is 9.01. The van der Waals surface area contributed by atoms with Gasteiger partial charge < -0.3 is 19.9 Å². The molecule has 2 unspecified atom stereocenters. The number of rotatable bonds is 4. The highest BCUT2D eigenvalue weighted by Gasteiger charge is 2.38. The Morgan fingerprint density at radius 3 is 2.57 bits per heavy atom. The molecule has 7 rings (SSSR count). The summed E-state index contributed by atoms with van der Waals surface area (Å²) in [5, 5.41) is 3.72. The minimum absolute atomic E-state index is 0.0913. The van der Waals surface area contributed by atoms with Gasteiger partial charge in [0.25, 0.3) is 0 Å². The zero-order chi connectivity index (χ0) is 23.5. The van der Waals surface area contributed by atoms with E-state index in [2.05, 4.69) is 46.1 Å². The second kappa shape index (κ2) is 8.82. The molecular formula is C27H36N6OS. The maximum absolute atomic E-state index is 6.76. The minimum Gasteiger partial charge on any atom is -0.483 e. The summed E-state index contributed by atoms with van der Waals surface area (Å²) in [7, 11) is 2.25. The van der Waals surface area contributed by atoms with Crippen molar-refractivity contribution in [1.82, 2.24) is 19.8 Å². The molecule has 1 aromatic carbocycles. The molecule has 5 aliphatic rings. The van der Waals surface area contributed by atoms with Crippen molar-refractivity contribution in [1.29, 1.82) is 0 Å². The Morgan fingerprint density at radius 1 is 1.00 bits per heavy atom. The number of likely N-dealkylation sites (tertiary alicyclic amines) is 2. The van der Waals surface area contributed by atoms with Gasteiger partial charge in [-0.25, -0.2) is 9.97 Å². The standard InChI is InChI=1S/C27H36N6OS/c1-17-24-26(28-16-29-27(24)32-7-9-35-10-8-32)30-23-12-19(11-22(18-3-4-18)25(23)34-17)20-13-33(14-20)21-5-6-31(2)15-21/h11-12,16-18,20-21H,3-10,13-15H2,1-2H3,(H,28,29,30). The van der Waals surface area contributed by atoms with E-state index >= 15 is 0 Å². The van der Waals surface area contributed by atoms with Crippen molar-refractivity contribution in [3.8, 4) is 5.75 Å². The molecule has 0 spiro atoms. The van der Waals surface area contributed by atoms with E-state index < -0.39 is 0 Å². The van der Waals surface area contributed by atoms with Crippen LogP contribution in [0.4, 0.5) is 17.3 Å². The van der Waals surface area contributed by atoms with Gasteiger partial charge in [-0.15, -0.1) is 0 Å². The van der Waals surface area contributed by atoms with E-state index in [1.54, 1.807) is 6.33 Å². The molecule has 8 heteroatoms. The van der Waals surface area contributed by atoms with Crippen LogP contribution < -0.4 is 15.0 Å². The monoisotopic (exact) mass is 492 g/mol. The van der Waals surface area contributed by atoms with Gasteiger partial charge >= 0.3 is 0 Å². The number of benzene rings is 1. The van der Waals surface area contributed by atoms with Gasteiger partial charge in [0.1, 0.15) is 29.8 Å². The fourth-order valence-corrected chi connectivity index (χ4v) is 7.22. The number of hydrogen-bond donors (Lipinski definition) is 1. The van der Waals surface area contributed by atoms with Gasteiger partial charge in [0, 0.05) is 56.2 Å². The van der Waals surface area contributed by atoms with E-state index in [1.807, 2.05) is 11.8 Å². The van der Waals surface area contributed by atoms with E-state index in [1.165, 1.54) is 56.6 Å². The molecule has 186 valence electrons. The molecule has 4 aliphatic heterocycles. The first kappa shape index (κ1) is 22.2. The van der Waals surface area contributed by atoms with Gasteiger partial charge in [0.15, 0.2) is 0 Å². The number of anilines is 3. The summed E-state index contributed by atoms with van der Waals surface area (Å²) < 4.78 is 6.76. The first-order valence-electron chi connectivity index (χ1n) is 13.4. The summed E-state index contributed by atoms with van der Waals surface area (Å²) in [6, 6.07) is 5.56. The Labute approximate surface area is 212 Å². The molecule has 5 heterocycles. The maximum atomic E-state index is 6.76. The first-order chi connectivity index (χ1) is 17.1. The van der Waals surface area contributed by atoms with Crippen LogP contribution in [0.15, 0.2) is 18.5 Å². The van der Waals surface area contributed by atoms with Crippen molar-refractivity contribution in [3.63, 3.8) is 0 Å². The summed E-state index contributed by atoms with van der Waals surface area (Å²) in [6.07, 6.45) is 5.47. The van der Waals surface area contributed by atoms with Crippen molar-refractivity contribution in [3.05, 3.63) is 35.2 Å². The van der Waals surface area contributed by atoms with Crippen LogP contribution in [0, 0.1) is 0 Å². The number of nitrogens with zero attached hydrogens (tertiary/aromatic N) is 5. The third-order valence-electron chi connectivity index (χ3n) is 8.55. The molecule has 2 atom stereocenters. The quantitative estimate of drug-likeness (QED) is 0.681. The van der Waals surface area contributed by atoms with Gasteiger partial charge in [-0.3, -0.25) is 4.90 Å². The Kier molecular flexibility index (Phi) is 5.59. The van der Waals surface area contributed by atoms with Crippen LogP contribution in [0.1, 0.15) is 60.8 Å². The van der Waals surface area contributed by atoms with Crippen LogP contribution in [0.25, 0.3) is 0 Å². The van der Waals surface area contributed by atoms with Crippen LogP contribution in [0.3, 0.4) is 0 Å². The number of fused-ring (bicyclic) bond motifs is 2. The molecular weight excluding hydrogens is 456 g/mol. The van der Waals surface area contributed by atoms with Crippen molar-refractivity contribution in [2.24, 2.45) is 0 Å². The highest BCUT2D eigenvalue weighted by molar-refractivity contribution is 7.99. The summed E-state index contributed by atoms with van der Waals surface area (Å²) >= 11 is 2.02. The van der Waals surface area contributed by atoms with Crippen molar-refractivity contribution >= 4 is 29.1 Å². The molecule has 1 saturated carbocycles. The van der Waals surface area contributed by atoms with Gasteiger partial charge in [0.05, 0.1) is 11.3 Å². The van der Waals surface area contributed by atoms with Crippen LogP contribution in [0.5, 0.6) is 5.75 Å². The van der Waals surface area contributed by atoms with Crippen molar-refractivity contribution < 1.29 is 4.74 Å². The molecule has 2 aromatic rings. The van der Waals surface area contributed by atoms with E-state index in [4.69, 9.17) is 14.7 Å². The largest absolute Gasteiger partial charge is 0.483 e. The molecule has 35 heavy (non-hydrogen) atoms. The lowest BCUT2D eigenvalue weighted by Crippen LogP contribution is -2.51. The maximum Gasteiger partial charge on any atom is 0.147 e. The van der Waals surface area contributed by atoms with Gasteiger partial charge in [-0.05, 0) is 62.9 Å². The zero-order valence-electron chi connectivity index (χ0n) is 20.9. The lowest BCUT2D eigenvalue weighted by atomic mass is 9.87. The first-order valence-corrected chi connectivity index (χ1v) is 14.5. The van der Waals surface area contributed by atoms with Gasteiger partial charge in [-0.2, -0.15) is 11.8 Å². The molecule has 7 nitrogen and oxygen atoms in total. The minimum atomic E-state index is -0.0913.